The van der Waals surface area contributed by atoms with Gasteiger partial charge in [-0.15, -0.1) is 0 Å². The normalized spacial score (nSPS) is 15.0. The number of phosphoric acid groups is 1. The second kappa shape index (κ2) is 40.3. The summed E-state index contributed by atoms with van der Waals surface area (Å²) in [6.07, 6.45) is 59.6. The van der Waals surface area contributed by atoms with E-state index in [9.17, 15) is 19.0 Å². The highest BCUT2D eigenvalue weighted by Gasteiger charge is 2.26. The highest BCUT2D eigenvalue weighted by atomic mass is 31.2. The van der Waals surface area contributed by atoms with Crippen molar-refractivity contribution in [3.05, 3.63) is 146 Å². The first-order chi connectivity index (χ1) is 29.0. The topological polar surface area (TPSA) is 108 Å². The Kier molecular flexibility index (Phi) is 37.5. The Balaban J connectivity index is 4.70. The van der Waals surface area contributed by atoms with Crippen LogP contribution in [0.1, 0.15) is 104 Å². The highest BCUT2D eigenvalue weighted by molar-refractivity contribution is 7.47. The number of rotatable bonds is 36. The van der Waals surface area contributed by atoms with E-state index in [4.69, 9.17) is 18.5 Å². The Hall–Kier alpha value is -4.11. The summed E-state index contributed by atoms with van der Waals surface area (Å²) in [4.78, 5) is 35.2. The maximum atomic E-state index is 12.6. The van der Waals surface area contributed by atoms with Crippen molar-refractivity contribution in [3.63, 3.8) is 0 Å². The van der Waals surface area contributed by atoms with Crippen molar-refractivity contribution in [1.82, 2.24) is 0 Å². The first-order valence-electron chi connectivity index (χ1n) is 21.6. The third-order valence-corrected chi connectivity index (χ3v) is 8.91. The lowest BCUT2D eigenvalue weighted by atomic mass is 10.2. The van der Waals surface area contributed by atoms with Gasteiger partial charge in [0.25, 0.3) is 0 Å². The average molecular weight is 851 g/mol. The third-order valence-electron chi connectivity index (χ3n) is 7.93. The fourth-order valence-corrected chi connectivity index (χ4v) is 5.38. The maximum Gasteiger partial charge on any atom is 0.472 e. The van der Waals surface area contributed by atoms with Crippen molar-refractivity contribution < 1.29 is 42.1 Å². The number of carbonyl (C=O) groups excluding carboxylic acids is 2. The number of esters is 2. The second-order valence-electron chi connectivity index (χ2n) is 14.6. The van der Waals surface area contributed by atoms with Gasteiger partial charge in [-0.25, -0.2) is 4.57 Å². The quantitative estimate of drug-likeness (QED) is 0.0287. The van der Waals surface area contributed by atoms with E-state index in [1.54, 1.807) is 12.2 Å². The molecule has 1 unspecified atom stereocenters. The maximum absolute atomic E-state index is 12.6. The molecule has 0 rings (SSSR count). The SMILES string of the molecule is CCC=CCC=CCC=CCC=CCC=CCC=CCC(=O)OC[C@H](COP(=O)(O)OCC[N+](C)(C)C)OC(=O)CC=CCC=CCC=CCC=CCC=CCC=CCC. The molecule has 1 N–H and O–H groups in total. The van der Waals surface area contributed by atoms with Crippen molar-refractivity contribution in [2.75, 3.05) is 47.5 Å². The van der Waals surface area contributed by atoms with Gasteiger partial charge in [0.1, 0.15) is 19.8 Å². The predicted molar refractivity (Wildman–Crippen MR) is 251 cm³/mol. The van der Waals surface area contributed by atoms with Crippen LogP contribution >= 0.6 is 7.82 Å². The number of hydrogen-bond donors (Lipinski definition) is 1. The molecule has 0 aliphatic heterocycles. The van der Waals surface area contributed by atoms with Crippen LogP contribution in [0.25, 0.3) is 0 Å². The minimum atomic E-state index is -4.43. The van der Waals surface area contributed by atoms with E-state index < -0.39 is 32.5 Å². The lowest BCUT2D eigenvalue weighted by Gasteiger charge is -2.24. The Bertz CT molecular complexity index is 1520. The molecule has 0 aliphatic carbocycles. The van der Waals surface area contributed by atoms with Gasteiger partial charge in [0.05, 0.1) is 40.6 Å². The average Bonchev–Trinajstić information content (AvgIpc) is 3.20. The number of nitrogens with zero attached hydrogens (tertiary/aromatic N) is 1. The molecule has 0 aromatic rings. The fourth-order valence-electron chi connectivity index (χ4n) is 4.64. The van der Waals surface area contributed by atoms with Gasteiger partial charge in [-0.3, -0.25) is 18.6 Å². The van der Waals surface area contributed by atoms with Gasteiger partial charge in [0.2, 0.25) is 0 Å². The minimum Gasteiger partial charge on any atom is -0.461 e. The molecule has 0 fully saturated rings. The molecule has 0 aliphatic rings. The molecule has 0 aromatic carbocycles. The molecule has 2 atom stereocenters. The molecule has 334 valence electrons. The largest absolute Gasteiger partial charge is 0.472 e. The van der Waals surface area contributed by atoms with Crippen LogP contribution in [0.2, 0.25) is 0 Å². The molecule has 0 aromatic heterocycles. The van der Waals surface area contributed by atoms with Gasteiger partial charge in [0, 0.05) is 0 Å². The lowest BCUT2D eigenvalue weighted by Crippen LogP contribution is -2.37. The van der Waals surface area contributed by atoms with Gasteiger partial charge >= 0.3 is 19.8 Å². The van der Waals surface area contributed by atoms with E-state index in [1.165, 1.54) is 0 Å². The van der Waals surface area contributed by atoms with Gasteiger partial charge in [-0.05, 0) is 77.0 Å². The van der Waals surface area contributed by atoms with Gasteiger partial charge < -0.3 is 18.9 Å². The summed E-state index contributed by atoms with van der Waals surface area (Å²) in [6, 6.07) is 0. The summed E-state index contributed by atoms with van der Waals surface area (Å²) < 4.78 is 34.0. The molecule has 0 amide bonds. The van der Waals surface area contributed by atoms with Gasteiger partial charge in [0.15, 0.2) is 6.10 Å². The number of hydrogen-bond acceptors (Lipinski definition) is 7. The monoisotopic (exact) mass is 851 g/mol. The van der Waals surface area contributed by atoms with E-state index in [0.29, 0.717) is 23.9 Å². The van der Waals surface area contributed by atoms with Crippen LogP contribution in [0.15, 0.2) is 146 Å². The number of phosphoric ester groups is 1. The zero-order valence-electron chi connectivity index (χ0n) is 37.4. The summed E-state index contributed by atoms with van der Waals surface area (Å²) in [7, 11) is 1.34. The fraction of sp³-hybridized carbons (Fsp3) is 0.480. The molecular formula is C50H77NO8P+. The smallest absolute Gasteiger partial charge is 0.461 e. The van der Waals surface area contributed by atoms with Crippen LogP contribution in [0.4, 0.5) is 0 Å². The number of carbonyl (C=O) groups is 2. The van der Waals surface area contributed by atoms with Crippen LogP contribution in [0.5, 0.6) is 0 Å². The van der Waals surface area contributed by atoms with Crippen LogP contribution in [0.3, 0.4) is 0 Å². The van der Waals surface area contributed by atoms with Crippen molar-refractivity contribution in [2.45, 2.75) is 110 Å². The molecule has 0 heterocycles. The Morgan fingerprint density at radius 3 is 1.13 bits per heavy atom. The lowest BCUT2D eigenvalue weighted by molar-refractivity contribution is -0.870. The molecule has 60 heavy (non-hydrogen) atoms. The highest BCUT2D eigenvalue weighted by Crippen LogP contribution is 2.43. The zero-order chi connectivity index (χ0) is 44.3. The standard InChI is InChI=1S/C50H76NO8P/c1-6-8-10-12-14-16-18-20-22-24-26-28-30-32-34-36-38-40-42-49(52)56-46-48(47-58-60(54,55)57-45-44-51(3,4)5)59-50(53)43-41-39-37-35-33-31-29-27-25-23-21-19-17-15-13-11-9-7-2/h8-11,14-17,20-23,26-29,32-35,38-41,48H,6-7,12-13,18-19,24-25,30-31,36-37,42-47H2,1-5H3/p+1/t48-/m1/s1. The molecular weight excluding hydrogens is 774 g/mol. The summed E-state index contributed by atoms with van der Waals surface area (Å²) >= 11 is 0. The summed E-state index contributed by atoms with van der Waals surface area (Å²) in [5.74, 6) is -1.12. The molecule has 9 nitrogen and oxygen atoms in total. The second-order valence-corrected chi connectivity index (χ2v) is 16.1. The van der Waals surface area contributed by atoms with E-state index in [2.05, 4.69) is 123 Å². The minimum absolute atomic E-state index is 0.00857. The summed E-state index contributed by atoms with van der Waals surface area (Å²) in [6.45, 7) is 3.91. The molecule has 0 saturated carbocycles. The molecule has 0 bridgehead atoms. The zero-order valence-corrected chi connectivity index (χ0v) is 38.3. The molecule has 0 saturated heterocycles. The van der Waals surface area contributed by atoms with Gasteiger partial charge in [-0.2, -0.15) is 0 Å². The van der Waals surface area contributed by atoms with Crippen molar-refractivity contribution in [3.8, 4) is 0 Å². The van der Waals surface area contributed by atoms with E-state index >= 15 is 0 Å². The molecule has 10 heteroatoms. The van der Waals surface area contributed by atoms with E-state index in [0.717, 1.165) is 64.2 Å². The summed E-state index contributed by atoms with van der Waals surface area (Å²) in [5.41, 5.74) is 0. The van der Waals surface area contributed by atoms with Crippen molar-refractivity contribution in [1.29, 1.82) is 0 Å². The van der Waals surface area contributed by atoms with E-state index in [1.807, 2.05) is 45.4 Å². The number of likely N-dealkylation sites (N-methyl/N-ethyl adjacent to an activating group) is 1. The Morgan fingerprint density at radius 2 is 0.800 bits per heavy atom. The van der Waals surface area contributed by atoms with Gasteiger partial charge in [-0.1, -0.05) is 160 Å². The number of quaternary nitrogens is 1. The first kappa shape index (κ1) is 55.9. The van der Waals surface area contributed by atoms with Crippen LogP contribution < -0.4 is 0 Å². The number of ether oxygens (including phenoxy) is 2. The van der Waals surface area contributed by atoms with Crippen molar-refractivity contribution in [2.24, 2.45) is 0 Å². The Labute approximate surface area is 363 Å². The van der Waals surface area contributed by atoms with Crippen LogP contribution in [-0.2, 0) is 32.7 Å². The number of allylic oxidation sites excluding steroid dienone is 22. The van der Waals surface area contributed by atoms with Crippen molar-refractivity contribution >= 4 is 19.8 Å². The molecule has 0 radical (unpaired) electrons. The summed E-state index contributed by atoms with van der Waals surface area (Å²) in [5, 5.41) is 0. The predicted octanol–water partition coefficient (Wildman–Crippen LogP) is 12.5. The van der Waals surface area contributed by atoms with Crippen LogP contribution in [0, 0.1) is 0 Å². The third kappa shape index (κ3) is 43.5. The first-order valence-corrected chi connectivity index (χ1v) is 23.1. The Morgan fingerprint density at radius 1 is 0.483 bits per heavy atom. The van der Waals surface area contributed by atoms with E-state index in [-0.39, 0.29) is 26.1 Å². The van der Waals surface area contributed by atoms with Crippen LogP contribution in [-0.4, -0.2) is 74.9 Å². The molecule has 0 spiro atoms.